The van der Waals surface area contributed by atoms with E-state index in [0.29, 0.717) is 12.4 Å². The molecule has 2 amide bonds. The number of imide groups is 1. The Hall–Kier alpha value is -2.89. The number of carbonyl (C=O) groups excluding carboxylic acids is 2. The van der Waals surface area contributed by atoms with E-state index in [-0.39, 0.29) is 45.6 Å². The standard InChI is InChI=1S/C30H27BrN2O6S2/c1-12-3-5-14(6-4-12)11-39-19-8-7-15(31)9-16(19)20-21-17-10-18(24(21)40-26-25(20)41-30(38)32-26)23-22(17)27(34)33(28(23)35)13(2)29(36)37/h3-9,13,17-18,20-24H,10-11H2,1-2H3,(H,32,38)(H,36,37)/t13?,17?,18?,20-,21?,22?,23?,24?/m1/s1. The molecular weight excluding hydrogens is 628 g/mol. The number of nitrogens with one attached hydrogen (secondary N) is 1. The number of hydrogen-bond donors (Lipinski definition) is 2. The molecule has 0 radical (unpaired) electrons. The van der Waals surface area contributed by atoms with Gasteiger partial charge in [-0.15, -0.1) is 11.8 Å². The number of fused-ring (bicyclic) bond motifs is 9. The number of amides is 2. The SMILES string of the molecule is Cc1ccc(COc2ccc(Br)cc2[C@H]2c3sc(=O)[nH]c3SC3C4CC(C5C(=O)N(C(C)C(=O)O)C(=O)C45)C32)cc1. The summed E-state index contributed by atoms with van der Waals surface area (Å²) in [4.78, 5) is 56.4. The van der Waals surface area contributed by atoms with Crippen LogP contribution in [0.15, 0.2) is 56.8 Å². The Morgan fingerprint density at radius 3 is 2.54 bits per heavy atom. The molecule has 1 aromatic heterocycles. The highest BCUT2D eigenvalue weighted by Gasteiger charge is 2.70. The van der Waals surface area contributed by atoms with Crippen LogP contribution in [0.2, 0.25) is 0 Å². The molecule has 4 aliphatic rings. The number of nitrogens with zero attached hydrogens (tertiary/aromatic N) is 1. The molecule has 212 valence electrons. The number of carboxylic acid groups (broad SMARTS) is 1. The first-order valence-corrected chi connectivity index (χ1v) is 16.1. The lowest BCUT2D eigenvalue weighted by Gasteiger charge is -2.43. The number of carboxylic acids is 1. The number of halogens is 1. The Morgan fingerprint density at radius 2 is 1.83 bits per heavy atom. The molecule has 2 aliphatic carbocycles. The minimum Gasteiger partial charge on any atom is -0.489 e. The smallest absolute Gasteiger partial charge is 0.326 e. The highest BCUT2D eigenvalue weighted by Crippen LogP contribution is 2.69. The number of rotatable bonds is 6. The maximum absolute atomic E-state index is 13.7. The highest BCUT2D eigenvalue weighted by atomic mass is 79.9. The van der Waals surface area contributed by atoms with Gasteiger partial charge in [0.25, 0.3) is 0 Å². The number of aromatic amines is 1. The maximum atomic E-state index is 13.7. The summed E-state index contributed by atoms with van der Waals surface area (Å²) in [5, 5.41) is 10.4. The topological polar surface area (TPSA) is 117 Å². The molecule has 11 heteroatoms. The van der Waals surface area contributed by atoms with Crippen LogP contribution in [0.5, 0.6) is 5.75 Å². The zero-order valence-corrected chi connectivity index (χ0v) is 25.4. The Kier molecular flexibility index (Phi) is 6.48. The molecule has 0 spiro atoms. The van der Waals surface area contributed by atoms with E-state index in [1.165, 1.54) is 23.8 Å². The fourth-order valence-electron chi connectivity index (χ4n) is 7.62. The zero-order chi connectivity index (χ0) is 28.7. The number of aryl methyl sites for hydroxylation is 1. The summed E-state index contributed by atoms with van der Waals surface area (Å²) in [6.45, 7) is 3.82. The van der Waals surface area contributed by atoms with E-state index in [1.807, 2.05) is 49.4 Å². The van der Waals surface area contributed by atoms with Gasteiger partial charge in [0.1, 0.15) is 18.4 Å². The van der Waals surface area contributed by atoms with Crippen LogP contribution >= 0.6 is 39.0 Å². The first-order valence-electron chi connectivity index (χ1n) is 13.6. The molecule has 7 unspecified atom stereocenters. The summed E-state index contributed by atoms with van der Waals surface area (Å²) in [5.41, 5.74) is 3.15. The number of thiazole rings is 1. The molecule has 2 aliphatic heterocycles. The summed E-state index contributed by atoms with van der Waals surface area (Å²) in [7, 11) is 0. The number of ether oxygens (including phenoxy) is 1. The normalized spacial score (nSPS) is 30.2. The lowest BCUT2D eigenvalue weighted by Crippen LogP contribution is -2.44. The van der Waals surface area contributed by atoms with Crippen LogP contribution < -0.4 is 9.61 Å². The first-order chi connectivity index (χ1) is 19.6. The summed E-state index contributed by atoms with van der Waals surface area (Å²) in [5.74, 6) is -2.69. The van der Waals surface area contributed by atoms with Crippen molar-refractivity contribution in [2.75, 3.05) is 0 Å². The van der Waals surface area contributed by atoms with Crippen molar-refractivity contribution in [2.24, 2.45) is 29.6 Å². The number of aliphatic carboxylic acids is 1. The van der Waals surface area contributed by atoms with E-state index in [4.69, 9.17) is 4.74 Å². The van der Waals surface area contributed by atoms with E-state index in [0.717, 1.165) is 36.8 Å². The van der Waals surface area contributed by atoms with E-state index in [2.05, 4.69) is 20.9 Å². The zero-order valence-electron chi connectivity index (χ0n) is 22.2. The van der Waals surface area contributed by atoms with Crippen molar-refractivity contribution >= 4 is 56.8 Å². The minimum absolute atomic E-state index is 0.00441. The van der Waals surface area contributed by atoms with Crippen molar-refractivity contribution in [1.82, 2.24) is 9.88 Å². The molecule has 1 saturated heterocycles. The van der Waals surface area contributed by atoms with Crippen LogP contribution in [0, 0.1) is 36.5 Å². The van der Waals surface area contributed by atoms with Gasteiger partial charge in [-0.2, -0.15) is 0 Å². The molecule has 2 aromatic carbocycles. The van der Waals surface area contributed by atoms with Crippen LogP contribution in [0.3, 0.4) is 0 Å². The van der Waals surface area contributed by atoms with Crippen LogP contribution in [0.4, 0.5) is 0 Å². The molecule has 2 bridgehead atoms. The summed E-state index contributed by atoms with van der Waals surface area (Å²) < 4.78 is 7.29. The molecule has 8 nitrogen and oxygen atoms in total. The molecule has 3 fully saturated rings. The van der Waals surface area contributed by atoms with E-state index < -0.39 is 23.8 Å². The third-order valence-electron chi connectivity index (χ3n) is 9.32. The van der Waals surface area contributed by atoms with Crippen LogP contribution in [-0.4, -0.2) is 44.1 Å². The van der Waals surface area contributed by atoms with E-state index in [1.54, 1.807) is 11.8 Å². The van der Waals surface area contributed by atoms with Gasteiger partial charge in [0.15, 0.2) is 0 Å². The van der Waals surface area contributed by atoms with Crippen molar-refractivity contribution in [2.45, 2.75) is 49.1 Å². The van der Waals surface area contributed by atoms with Crippen LogP contribution in [0.25, 0.3) is 0 Å². The van der Waals surface area contributed by atoms with Crippen molar-refractivity contribution in [1.29, 1.82) is 0 Å². The number of carbonyl (C=O) groups is 3. The number of likely N-dealkylation sites (tertiary alicyclic amines) is 1. The Labute approximate surface area is 252 Å². The van der Waals surface area contributed by atoms with Crippen LogP contribution in [-0.2, 0) is 21.0 Å². The number of aromatic nitrogens is 1. The molecule has 41 heavy (non-hydrogen) atoms. The van der Waals surface area contributed by atoms with Gasteiger partial charge in [-0.3, -0.25) is 19.3 Å². The third-order valence-corrected chi connectivity index (χ3v) is 12.4. The number of benzene rings is 2. The average Bonchev–Trinajstić information content (AvgIpc) is 3.67. The lowest BCUT2D eigenvalue weighted by atomic mass is 9.68. The lowest BCUT2D eigenvalue weighted by molar-refractivity contribution is -0.154. The molecular formula is C30H27BrN2O6S2. The van der Waals surface area contributed by atoms with Gasteiger partial charge in [0, 0.05) is 26.1 Å². The van der Waals surface area contributed by atoms with Gasteiger partial charge >= 0.3 is 10.8 Å². The highest BCUT2D eigenvalue weighted by molar-refractivity contribution is 9.10. The summed E-state index contributed by atoms with van der Waals surface area (Å²) in [6.07, 6.45) is 0.730. The molecule has 3 aromatic rings. The summed E-state index contributed by atoms with van der Waals surface area (Å²) in [6, 6.07) is 12.9. The maximum Gasteiger partial charge on any atom is 0.326 e. The van der Waals surface area contributed by atoms with E-state index >= 15 is 0 Å². The predicted octanol–water partition coefficient (Wildman–Crippen LogP) is 5.03. The van der Waals surface area contributed by atoms with Gasteiger partial charge < -0.3 is 14.8 Å². The number of thioether (sulfide) groups is 1. The van der Waals surface area contributed by atoms with Gasteiger partial charge in [0.2, 0.25) is 11.8 Å². The average molecular weight is 656 g/mol. The fourth-order valence-corrected chi connectivity index (χ4v) is 10.9. The van der Waals surface area contributed by atoms with Gasteiger partial charge in [-0.25, -0.2) is 4.79 Å². The molecule has 2 saturated carbocycles. The van der Waals surface area contributed by atoms with E-state index in [9.17, 15) is 24.3 Å². The van der Waals surface area contributed by atoms with Gasteiger partial charge in [0.05, 0.1) is 16.9 Å². The fraction of sp³-hybridized carbons (Fsp3) is 0.400. The van der Waals surface area contributed by atoms with Crippen molar-refractivity contribution in [3.63, 3.8) is 0 Å². The number of H-pyrrole nitrogens is 1. The summed E-state index contributed by atoms with van der Waals surface area (Å²) >= 11 is 6.43. The molecule has 8 atom stereocenters. The molecule has 7 rings (SSSR count). The second-order valence-electron chi connectivity index (χ2n) is 11.5. The first kappa shape index (κ1) is 27.0. The Balaban J connectivity index is 1.30. The van der Waals surface area contributed by atoms with Crippen LogP contribution in [0.1, 0.15) is 40.8 Å². The monoisotopic (exact) mass is 654 g/mol. The van der Waals surface area contributed by atoms with Gasteiger partial charge in [-0.05, 0) is 61.8 Å². The predicted molar refractivity (Wildman–Crippen MR) is 157 cm³/mol. The molecule has 3 heterocycles. The van der Waals surface area contributed by atoms with Crippen molar-refractivity contribution in [3.8, 4) is 5.75 Å². The van der Waals surface area contributed by atoms with Gasteiger partial charge in [-0.1, -0.05) is 57.1 Å². The Morgan fingerprint density at radius 1 is 1.12 bits per heavy atom. The second kappa shape index (κ2) is 9.84. The quantitative estimate of drug-likeness (QED) is 0.358. The number of hydrogen-bond acceptors (Lipinski definition) is 7. The second-order valence-corrected chi connectivity index (χ2v) is 14.6. The third kappa shape index (κ3) is 4.14. The van der Waals surface area contributed by atoms with Crippen molar-refractivity contribution < 1.29 is 24.2 Å². The minimum atomic E-state index is -1.20. The Bertz CT molecular complexity index is 1650. The van der Waals surface area contributed by atoms with Crippen molar-refractivity contribution in [3.05, 3.63) is 78.2 Å². The molecule has 2 N–H and O–H groups in total. The largest absolute Gasteiger partial charge is 0.489 e.